The number of nitrogens with zero attached hydrogens (tertiary/aromatic N) is 2. The van der Waals surface area contributed by atoms with Gasteiger partial charge in [0.25, 0.3) is 0 Å². The molecule has 55 valence electrons. The summed E-state index contributed by atoms with van der Waals surface area (Å²) in [5.41, 5.74) is 0. The van der Waals surface area contributed by atoms with Crippen molar-refractivity contribution in [1.29, 1.82) is 0 Å². The quantitative estimate of drug-likeness (QED) is 0.625. The maximum Gasteiger partial charge on any atom is 0.212 e. The molecule has 0 amide bonds. The zero-order valence-electron chi connectivity index (χ0n) is 6.29. The van der Waals surface area contributed by atoms with E-state index in [0.717, 1.165) is 18.9 Å². The van der Waals surface area contributed by atoms with Crippen LogP contribution in [0.3, 0.4) is 0 Å². The third kappa shape index (κ3) is 1.50. The van der Waals surface area contributed by atoms with Gasteiger partial charge in [-0.05, 0) is 6.42 Å². The standard InChI is InChI=1S/C7H11N2O/c1-3-6-10-7-4-5-8-9(7)2/h4H,3,6H2,1-2H3. The minimum atomic E-state index is 0.743. The van der Waals surface area contributed by atoms with E-state index in [2.05, 4.69) is 18.2 Å². The van der Waals surface area contributed by atoms with Crippen LogP contribution < -0.4 is 4.74 Å². The van der Waals surface area contributed by atoms with Gasteiger partial charge in [0.05, 0.1) is 6.61 Å². The van der Waals surface area contributed by atoms with Crippen LogP contribution in [0.25, 0.3) is 0 Å². The summed E-state index contributed by atoms with van der Waals surface area (Å²) in [6, 6.07) is 1.73. The Kier molecular flexibility index (Phi) is 2.31. The van der Waals surface area contributed by atoms with Crippen molar-refractivity contribution in [2.75, 3.05) is 6.61 Å². The molecule has 0 fully saturated rings. The molecule has 0 spiro atoms. The van der Waals surface area contributed by atoms with E-state index in [1.165, 1.54) is 0 Å². The van der Waals surface area contributed by atoms with Crippen molar-refractivity contribution in [3.63, 3.8) is 0 Å². The zero-order valence-corrected chi connectivity index (χ0v) is 6.29. The lowest BCUT2D eigenvalue weighted by atomic mass is 10.5. The molecule has 0 aromatic carbocycles. The first kappa shape index (κ1) is 7.12. The van der Waals surface area contributed by atoms with E-state index in [4.69, 9.17) is 4.74 Å². The Bertz CT molecular complexity index is 195. The minimum Gasteiger partial charge on any atom is -0.478 e. The topological polar surface area (TPSA) is 27.1 Å². The van der Waals surface area contributed by atoms with E-state index >= 15 is 0 Å². The van der Waals surface area contributed by atoms with Crippen LogP contribution in [0.4, 0.5) is 0 Å². The Morgan fingerprint density at radius 2 is 2.60 bits per heavy atom. The van der Waals surface area contributed by atoms with Gasteiger partial charge in [-0.25, -0.2) is 4.68 Å². The molecule has 1 aromatic heterocycles. The number of aromatic nitrogens is 2. The second-order valence-corrected chi connectivity index (χ2v) is 2.08. The molecule has 10 heavy (non-hydrogen) atoms. The summed E-state index contributed by atoms with van der Waals surface area (Å²) in [6.07, 6.45) is 3.71. The highest BCUT2D eigenvalue weighted by molar-refractivity contribution is 5.05. The van der Waals surface area contributed by atoms with Gasteiger partial charge in [0, 0.05) is 13.1 Å². The van der Waals surface area contributed by atoms with Crippen LogP contribution in [0, 0.1) is 6.20 Å². The molecule has 1 radical (unpaired) electrons. The summed E-state index contributed by atoms with van der Waals surface area (Å²) in [5, 5.41) is 3.84. The fourth-order valence-corrected chi connectivity index (χ4v) is 0.655. The number of aryl methyl sites for hydroxylation is 1. The van der Waals surface area contributed by atoms with Gasteiger partial charge in [0.15, 0.2) is 0 Å². The van der Waals surface area contributed by atoms with Crippen LogP contribution in [-0.4, -0.2) is 16.4 Å². The van der Waals surface area contributed by atoms with Crippen molar-refractivity contribution in [3.8, 4) is 5.88 Å². The van der Waals surface area contributed by atoms with E-state index in [1.807, 2.05) is 7.05 Å². The molecular formula is C7H11N2O. The molecule has 0 bridgehead atoms. The first-order valence-corrected chi connectivity index (χ1v) is 3.37. The van der Waals surface area contributed by atoms with Gasteiger partial charge in [0.1, 0.15) is 6.20 Å². The van der Waals surface area contributed by atoms with Gasteiger partial charge < -0.3 is 4.74 Å². The molecule has 0 N–H and O–H groups in total. The number of hydrogen-bond acceptors (Lipinski definition) is 2. The molecule has 0 saturated carbocycles. The van der Waals surface area contributed by atoms with E-state index in [9.17, 15) is 0 Å². The van der Waals surface area contributed by atoms with Gasteiger partial charge >= 0.3 is 0 Å². The lowest BCUT2D eigenvalue weighted by Crippen LogP contribution is -2.00. The molecule has 0 aliphatic carbocycles. The predicted molar refractivity (Wildman–Crippen MR) is 37.8 cm³/mol. The van der Waals surface area contributed by atoms with Crippen molar-refractivity contribution in [2.24, 2.45) is 7.05 Å². The summed E-state index contributed by atoms with van der Waals surface area (Å²) < 4.78 is 6.96. The van der Waals surface area contributed by atoms with Crippen LogP contribution in [0.2, 0.25) is 0 Å². The highest BCUT2D eigenvalue weighted by Crippen LogP contribution is 2.05. The minimum absolute atomic E-state index is 0.743. The maximum atomic E-state index is 5.30. The van der Waals surface area contributed by atoms with Crippen molar-refractivity contribution >= 4 is 0 Å². The largest absolute Gasteiger partial charge is 0.478 e. The molecule has 0 aliphatic rings. The maximum absolute atomic E-state index is 5.30. The van der Waals surface area contributed by atoms with Gasteiger partial charge in [0.2, 0.25) is 5.88 Å². The molecule has 3 heteroatoms. The average molecular weight is 139 g/mol. The summed E-state index contributed by atoms with van der Waals surface area (Å²) in [4.78, 5) is 0. The molecule has 0 saturated heterocycles. The smallest absolute Gasteiger partial charge is 0.212 e. The Morgan fingerprint density at radius 3 is 3.10 bits per heavy atom. The molecule has 0 atom stereocenters. The fraction of sp³-hybridized carbons (Fsp3) is 0.571. The van der Waals surface area contributed by atoms with E-state index in [0.29, 0.717) is 0 Å². The Balaban J connectivity index is 2.49. The van der Waals surface area contributed by atoms with E-state index < -0.39 is 0 Å². The first-order chi connectivity index (χ1) is 4.84. The third-order valence-electron chi connectivity index (χ3n) is 1.17. The lowest BCUT2D eigenvalue weighted by molar-refractivity contribution is 0.290. The Labute approximate surface area is 60.6 Å². The second kappa shape index (κ2) is 3.25. The van der Waals surface area contributed by atoms with Gasteiger partial charge in [-0.2, -0.15) is 5.10 Å². The van der Waals surface area contributed by atoms with E-state index in [1.54, 1.807) is 10.7 Å². The third-order valence-corrected chi connectivity index (χ3v) is 1.17. The highest BCUT2D eigenvalue weighted by Gasteiger charge is 1.95. The summed E-state index contributed by atoms with van der Waals surface area (Å²) in [7, 11) is 1.83. The van der Waals surface area contributed by atoms with Gasteiger partial charge in [-0.3, -0.25) is 0 Å². The summed E-state index contributed by atoms with van der Waals surface area (Å²) >= 11 is 0. The predicted octanol–water partition coefficient (Wildman–Crippen LogP) is 1.01. The Hall–Kier alpha value is -0.990. The van der Waals surface area contributed by atoms with Gasteiger partial charge in [-0.15, -0.1) is 0 Å². The molecule has 1 heterocycles. The first-order valence-electron chi connectivity index (χ1n) is 3.37. The normalized spacial score (nSPS) is 9.80. The molecule has 0 unspecified atom stereocenters. The summed E-state index contributed by atoms with van der Waals surface area (Å²) in [6.45, 7) is 2.81. The molecule has 1 aromatic rings. The van der Waals surface area contributed by atoms with E-state index in [-0.39, 0.29) is 0 Å². The van der Waals surface area contributed by atoms with Gasteiger partial charge in [-0.1, -0.05) is 6.92 Å². The SMILES string of the molecule is CCCOc1c[c]nn1C. The molecule has 3 nitrogen and oxygen atoms in total. The average Bonchev–Trinajstić information content (AvgIpc) is 2.31. The fourth-order valence-electron chi connectivity index (χ4n) is 0.655. The molecule has 0 aliphatic heterocycles. The molecule has 1 rings (SSSR count). The summed E-state index contributed by atoms with van der Waals surface area (Å²) in [5.74, 6) is 0.779. The molecular weight excluding hydrogens is 128 g/mol. The number of ether oxygens (including phenoxy) is 1. The van der Waals surface area contributed by atoms with Crippen LogP contribution in [0.1, 0.15) is 13.3 Å². The van der Waals surface area contributed by atoms with Crippen molar-refractivity contribution < 1.29 is 4.74 Å². The zero-order chi connectivity index (χ0) is 7.40. The van der Waals surface area contributed by atoms with Crippen molar-refractivity contribution in [1.82, 2.24) is 9.78 Å². The van der Waals surface area contributed by atoms with Crippen LogP contribution in [0.15, 0.2) is 6.07 Å². The number of rotatable bonds is 3. The highest BCUT2D eigenvalue weighted by atomic mass is 16.5. The number of hydrogen-bond donors (Lipinski definition) is 0. The van der Waals surface area contributed by atoms with Crippen LogP contribution in [0.5, 0.6) is 5.88 Å². The van der Waals surface area contributed by atoms with Crippen molar-refractivity contribution in [2.45, 2.75) is 13.3 Å². The lowest BCUT2D eigenvalue weighted by Gasteiger charge is -2.02. The Morgan fingerprint density at radius 1 is 1.80 bits per heavy atom. The van der Waals surface area contributed by atoms with Crippen LogP contribution >= 0.6 is 0 Å². The monoisotopic (exact) mass is 139 g/mol. The second-order valence-electron chi connectivity index (χ2n) is 2.08. The van der Waals surface area contributed by atoms with Crippen molar-refractivity contribution in [3.05, 3.63) is 12.3 Å². The van der Waals surface area contributed by atoms with Crippen LogP contribution in [-0.2, 0) is 7.05 Å².